The summed E-state index contributed by atoms with van der Waals surface area (Å²) in [5, 5.41) is 0. The van der Waals surface area contributed by atoms with Gasteiger partial charge in [0.15, 0.2) is 0 Å². The maximum Gasteiger partial charge on any atom is 0.225 e. The average Bonchev–Trinajstić information content (AvgIpc) is 2.27. The van der Waals surface area contributed by atoms with Gasteiger partial charge in [0, 0.05) is 19.5 Å². The highest BCUT2D eigenvalue weighted by Crippen LogP contribution is 2.22. The predicted molar refractivity (Wildman–Crippen MR) is 76.5 cm³/mol. The van der Waals surface area contributed by atoms with E-state index in [1.165, 1.54) is 11.1 Å². The van der Waals surface area contributed by atoms with Gasteiger partial charge in [-0.25, -0.2) is 0 Å². The lowest BCUT2D eigenvalue weighted by molar-refractivity contribution is -0.133. The van der Waals surface area contributed by atoms with Crippen molar-refractivity contribution in [3.8, 4) is 0 Å². The molecule has 2 heteroatoms. The van der Waals surface area contributed by atoms with Crippen LogP contribution in [-0.4, -0.2) is 17.9 Å². The van der Waals surface area contributed by atoms with Gasteiger partial charge in [-0.3, -0.25) is 4.79 Å². The van der Waals surface area contributed by atoms with E-state index in [0.29, 0.717) is 6.54 Å². The Kier molecular flexibility index (Phi) is 4.55. The van der Waals surface area contributed by atoms with Gasteiger partial charge in [0.2, 0.25) is 5.91 Å². The third kappa shape index (κ3) is 3.86. The van der Waals surface area contributed by atoms with Gasteiger partial charge in [-0.1, -0.05) is 58.9 Å². The molecule has 0 bridgehead atoms. The van der Waals surface area contributed by atoms with E-state index in [2.05, 4.69) is 45.0 Å². The molecule has 1 rings (SSSR count). The Balaban J connectivity index is 2.73. The van der Waals surface area contributed by atoms with Gasteiger partial charge in [-0.2, -0.15) is 0 Å². The molecule has 0 unspecified atom stereocenters. The summed E-state index contributed by atoms with van der Waals surface area (Å²) in [6.07, 6.45) is 0. The maximum atomic E-state index is 11.8. The first kappa shape index (κ1) is 14.7. The summed E-state index contributed by atoms with van der Waals surface area (Å²) in [4.78, 5) is 13.6. The molecule has 1 aromatic carbocycles. The topological polar surface area (TPSA) is 20.3 Å². The van der Waals surface area contributed by atoms with Crippen molar-refractivity contribution in [1.82, 2.24) is 4.90 Å². The molecule has 0 saturated carbocycles. The number of carbonyl (C=O) groups is 1. The maximum absolute atomic E-state index is 11.8. The first-order valence-corrected chi connectivity index (χ1v) is 6.56. The van der Waals surface area contributed by atoms with Gasteiger partial charge in [0.1, 0.15) is 0 Å². The molecule has 0 aliphatic rings. The Morgan fingerprint density at radius 1 is 1.17 bits per heavy atom. The van der Waals surface area contributed by atoms with Crippen molar-refractivity contribution < 1.29 is 4.79 Å². The van der Waals surface area contributed by atoms with Crippen molar-refractivity contribution in [2.24, 2.45) is 5.92 Å². The van der Waals surface area contributed by atoms with Crippen molar-refractivity contribution in [1.29, 1.82) is 0 Å². The van der Waals surface area contributed by atoms with Gasteiger partial charge < -0.3 is 4.90 Å². The van der Waals surface area contributed by atoms with Gasteiger partial charge in [-0.05, 0) is 16.5 Å². The van der Waals surface area contributed by atoms with Crippen LogP contribution in [0.4, 0.5) is 0 Å². The normalized spacial score (nSPS) is 11.7. The summed E-state index contributed by atoms with van der Waals surface area (Å²) < 4.78 is 0. The van der Waals surface area contributed by atoms with E-state index in [1.807, 2.05) is 20.9 Å². The third-order valence-electron chi connectivity index (χ3n) is 3.11. The molecule has 0 atom stereocenters. The van der Waals surface area contributed by atoms with Gasteiger partial charge in [0.05, 0.1) is 0 Å². The molecule has 1 amide bonds. The molecule has 100 valence electrons. The lowest BCUT2D eigenvalue weighted by Gasteiger charge is -2.21. The van der Waals surface area contributed by atoms with Crippen molar-refractivity contribution in [2.45, 2.75) is 46.6 Å². The van der Waals surface area contributed by atoms with Crippen LogP contribution in [0.5, 0.6) is 0 Å². The number of nitrogens with zero attached hydrogens (tertiary/aromatic N) is 1. The molecule has 0 N–H and O–H groups in total. The molecule has 1 aromatic rings. The molecule has 0 aliphatic carbocycles. The molecule has 0 heterocycles. The molecule has 2 nitrogen and oxygen atoms in total. The number of amides is 1. The second-order valence-electron chi connectivity index (χ2n) is 6.30. The minimum Gasteiger partial charge on any atom is -0.341 e. The van der Waals surface area contributed by atoms with Crippen molar-refractivity contribution in [3.63, 3.8) is 0 Å². The second-order valence-corrected chi connectivity index (χ2v) is 6.30. The van der Waals surface area contributed by atoms with Gasteiger partial charge in [-0.15, -0.1) is 0 Å². The summed E-state index contributed by atoms with van der Waals surface area (Å²) in [6, 6.07) is 8.54. The van der Waals surface area contributed by atoms with Gasteiger partial charge in [0.25, 0.3) is 0 Å². The van der Waals surface area contributed by atoms with Crippen LogP contribution in [-0.2, 0) is 16.8 Å². The monoisotopic (exact) mass is 247 g/mol. The van der Waals surface area contributed by atoms with E-state index in [4.69, 9.17) is 0 Å². The van der Waals surface area contributed by atoms with Crippen LogP contribution in [0.15, 0.2) is 24.3 Å². The highest BCUT2D eigenvalue weighted by Gasteiger charge is 2.15. The highest BCUT2D eigenvalue weighted by atomic mass is 16.2. The summed E-state index contributed by atoms with van der Waals surface area (Å²) in [6.45, 7) is 11.2. The van der Waals surface area contributed by atoms with Crippen LogP contribution in [0.3, 0.4) is 0 Å². The van der Waals surface area contributed by atoms with Crippen LogP contribution >= 0.6 is 0 Å². The van der Waals surface area contributed by atoms with E-state index >= 15 is 0 Å². The molecule has 0 saturated heterocycles. The minimum atomic E-state index is 0.0591. The molecule has 0 radical (unpaired) electrons. The van der Waals surface area contributed by atoms with E-state index in [9.17, 15) is 4.79 Å². The van der Waals surface area contributed by atoms with E-state index in [-0.39, 0.29) is 17.2 Å². The minimum absolute atomic E-state index is 0.0591. The standard InChI is InChI=1S/C16H25NO/c1-12(2)15(18)17(6)11-13-7-9-14(10-8-13)16(3,4)5/h7-10,12H,11H2,1-6H3. The summed E-state index contributed by atoms with van der Waals surface area (Å²) in [7, 11) is 1.86. The summed E-state index contributed by atoms with van der Waals surface area (Å²) in [5.74, 6) is 0.249. The highest BCUT2D eigenvalue weighted by molar-refractivity contribution is 5.77. The predicted octanol–water partition coefficient (Wildman–Crippen LogP) is 3.60. The number of hydrogen-bond acceptors (Lipinski definition) is 1. The van der Waals surface area contributed by atoms with Crippen LogP contribution in [0.2, 0.25) is 0 Å². The zero-order chi connectivity index (χ0) is 13.9. The first-order chi connectivity index (χ1) is 8.21. The molecular formula is C16H25NO. The van der Waals surface area contributed by atoms with Crippen LogP contribution in [0.25, 0.3) is 0 Å². The van der Waals surface area contributed by atoms with E-state index in [0.717, 1.165) is 0 Å². The fraction of sp³-hybridized carbons (Fsp3) is 0.562. The molecule has 0 fully saturated rings. The fourth-order valence-corrected chi connectivity index (χ4v) is 1.90. The third-order valence-corrected chi connectivity index (χ3v) is 3.11. The van der Waals surface area contributed by atoms with Crippen LogP contribution < -0.4 is 0 Å². The van der Waals surface area contributed by atoms with E-state index < -0.39 is 0 Å². The van der Waals surface area contributed by atoms with Gasteiger partial charge >= 0.3 is 0 Å². The number of carbonyl (C=O) groups excluding carboxylic acids is 1. The Morgan fingerprint density at radius 3 is 2.06 bits per heavy atom. The van der Waals surface area contributed by atoms with Crippen molar-refractivity contribution >= 4 is 5.91 Å². The Labute approximate surface area is 111 Å². The average molecular weight is 247 g/mol. The lowest BCUT2D eigenvalue weighted by Crippen LogP contribution is -2.29. The summed E-state index contributed by atoms with van der Waals surface area (Å²) in [5.41, 5.74) is 2.68. The quantitative estimate of drug-likeness (QED) is 0.799. The molecule has 0 aliphatic heterocycles. The lowest BCUT2D eigenvalue weighted by atomic mass is 9.87. The zero-order valence-corrected chi connectivity index (χ0v) is 12.4. The molecule has 0 aromatic heterocycles. The zero-order valence-electron chi connectivity index (χ0n) is 12.4. The Bertz CT molecular complexity index is 398. The Morgan fingerprint density at radius 2 is 1.67 bits per heavy atom. The SMILES string of the molecule is CC(C)C(=O)N(C)Cc1ccc(C(C)(C)C)cc1. The molecular weight excluding hydrogens is 222 g/mol. The van der Waals surface area contributed by atoms with Crippen molar-refractivity contribution in [2.75, 3.05) is 7.05 Å². The van der Waals surface area contributed by atoms with Crippen LogP contribution in [0.1, 0.15) is 45.7 Å². The molecule has 0 spiro atoms. The second kappa shape index (κ2) is 5.55. The Hall–Kier alpha value is -1.31. The fourth-order valence-electron chi connectivity index (χ4n) is 1.90. The summed E-state index contributed by atoms with van der Waals surface area (Å²) >= 11 is 0. The number of benzene rings is 1. The molecule has 18 heavy (non-hydrogen) atoms. The van der Waals surface area contributed by atoms with Crippen LogP contribution in [0, 0.1) is 5.92 Å². The van der Waals surface area contributed by atoms with Crippen molar-refractivity contribution in [3.05, 3.63) is 35.4 Å². The first-order valence-electron chi connectivity index (χ1n) is 6.56. The van der Waals surface area contributed by atoms with E-state index in [1.54, 1.807) is 4.90 Å². The largest absolute Gasteiger partial charge is 0.341 e. The number of rotatable bonds is 3. The smallest absolute Gasteiger partial charge is 0.225 e. The number of hydrogen-bond donors (Lipinski definition) is 0.